The van der Waals surface area contributed by atoms with Gasteiger partial charge in [-0.25, -0.2) is 4.98 Å². The molecule has 78 valence electrons. The summed E-state index contributed by atoms with van der Waals surface area (Å²) in [6.45, 7) is 1.37. The first kappa shape index (κ1) is 11.2. The summed E-state index contributed by atoms with van der Waals surface area (Å²) >= 11 is 5.60. The lowest BCUT2D eigenvalue weighted by Crippen LogP contribution is -2.37. The van der Waals surface area contributed by atoms with E-state index in [4.69, 9.17) is 16.7 Å². The first-order valence-electron chi connectivity index (χ1n) is 4.08. The lowest BCUT2D eigenvalue weighted by atomic mass is 10.1. The van der Waals surface area contributed by atoms with E-state index in [1.807, 2.05) is 0 Å². The third kappa shape index (κ3) is 3.45. The molecule has 1 atom stereocenters. The Morgan fingerprint density at radius 1 is 1.57 bits per heavy atom. The van der Waals surface area contributed by atoms with Crippen LogP contribution >= 0.6 is 11.6 Å². The Kier molecular flexibility index (Phi) is 3.62. The Morgan fingerprint density at radius 2 is 2.29 bits per heavy atom. The van der Waals surface area contributed by atoms with Gasteiger partial charge in [0.05, 0.1) is 19.0 Å². The van der Waals surface area contributed by atoms with Gasteiger partial charge in [0.2, 0.25) is 0 Å². The Morgan fingerprint density at radius 3 is 2.86 bits per heavy atom. The summed E-state index contributed by atoms with van der Waals surface area (Å²) in [5.74, 6) is 0.464. The van der Waals surface area contributed by atoms with E-state index in [0.29, 0.717) is 5.82 Å². The fourth-order valence-corrected chi connectivity index (χ4v) is 0.912. The van der Waals surface area contributed by atoms with E-state index < -0.39 is 5.60 Å². The van der Waals surface area contributed by atoms with Crippen molar-refractivity contribution < 1.29 is 10.2 Å². The van der Waals surface area contributed by atoms with Crippen LogP contribution in [0, 0.1) is 0 Å². The second kappa shape index (κ2) is 4.54. The molecule has 1 aromatic heterocycles. The van der Waals surface area contributed by atoms with Crippen molar-refractivity contribution in [1.82, 2.24) is 9.97 Å². The standard InChI is InChI=1S/C8H12ClN3O2/c1-8(14,5-13)4-11-7-3-10-2-6(9)12-7/h2-3,13-14H,4-5H2,1H3,(H,11,12). The van der Waals surface area contributed by atoms with Crippen LogP contribution in [0.15, 0.2) is 12.4 Å². The number of nitrogens with one attached hydrogen (secondary N) is 1. The second-order valence-electron chi connectivity index (χ2n) is 3.24. The zero-order valence-corrected chi connectivity index (χ0v) is 8.49. The molecule has 0 aliphatic carbocycles. The minimum absolute atomic E-state index is 0.179. The molecule has 3 N–H and O–H groups in total. The molecule has 0 aromatic carbocycles. The Balaban J connectivity index is 2.54. The van der Waals surface area contributed by atoms with Crippen LogP contribution in [0.3, 0.4) is 0 Å². The molecule has 0 amide bonds. The molecule has 0 radical (unpaired) electrons. The van der Waals surface area contributed by atoms with Crippen LogP contribution in [-0.2, 0) is 0 Å². The van der Waals surface area contributed by atoms with Gasteiger partial charge in [-0.05, 0) is 6.92 Å². The number of aliphatic hydroxyl groups excluding tert-OH is 1. The predicted molar refractivity (Wildman–Crippen MR) is 53.2 cm³/mol. The first-order chi connectivity index (χ1) is 6.53. The fraction of sp³-hybridized carbons (Fsp3) is 0.500. The minimum atomic E-state index is -1.18. The summed E-state index contributed by atoms with van der Waals surface area (Å²) in [7, 11) is 0. The number of aromatic nitrogens is 2. The van der Waals surface area contributed by atoms with Crippen molar-refractivity contribution in [3.8, 4) is 0 Å². The molecule has 14 heavy (non-hydrogen) atoms. The summed E-state index contributed by atoms with van der Waals surface area (Å²) < 4.78 is 0. The molecule has 0 aliphatic rings. The monoisotopic (exact) mass is 217 g/mol. The first-order valence-corrected chi connectivity index (χ1v) is 4.46. The van der Waals surface area contributed by atoms with E-state index in [-0.39, 0.29) is 18.3 Å². The maximum Gasteiger partial charge on any atom is 0.149 e. The molecule has 0 saturated heterocycles. The highest BCUT2D eigenvalue weighted by atomic mass is 35.5. The average Bonchev–Trinajstić information content (AvgIpc) is 2.15. The van der Waals surface area contributed by atoms with Gasteiger partial charge in [-0.2, -0.15) is 0 Å². The SMILES string of the molecule is CC(O)(CO)CNc1cncc(Cl)n1. The lowest BCUT2D eigenvalue weighted by molar-refractivity contribution is 0.0131. The number of anilines is 1. The van der Waals surface area contributed by atoms with E-state index >= 15 is 0 Å². The van der Waals surface area contributed by atoms with Gasteiger partial charge < -0.3 is 15.5 Å². The van der Waals surface area contributed by atoms with Crippen LogP contribution in [0.2, 0.25) is 5.15 Å². The third-order valence-corrected chi connectivity index (χ3v) is 1.78. The maximum atomic E-state index is 9.46. The molecule has 6 heteroatoms. The van der Waals surface area contributed by atoms with Crippen molar-refractivity contribution in [3.05, 3.63) is 17.5 Å². The molecule has 1 heterocycles. The highest BCUT2D eigenvalue weighted by Crippen LogP contribution is 2.08. The van der Waals surface area contributed by atoms with E-state index in [0.717, 1.165) is 0 Å². The number of nitrogens with zero attached hydrogens (tertiary/aromatic N) is 2. The Hall–Kier alpha value is -0.910. The van der Waals surface area contributed by atoms with Gasteiger partial charge in [-0.1, -0.05) is 11.6 Å². The molecular formula is C8H12ClN3O2. The van der Waals surface area contributed by atoms with Crippen LogP contribution in [0.4, 0.5) is 5.82 Å². The van der Waals surface area contributed by atoms with Gasteiger partial charge >= 0.3 is 0 Å². The molecule has 1 rings (SSSR count). The summed E-state index contributed by atoms with van der Waals surface area (Å²) in [5, 5.41) is 21.3. The van der Waals surface area contributed by atoms with Gasteiger partial charge in [-0.15, -0.1) is 0 Å². The molecule has 1 aromatic rings. The topological polar surface area (TPSA) is 78.3 Å². The third-order valence-electron chi connectivity index (χ3n) is 1.60. The van der Waals surface area contributed by atoms with E-state index in [9.17, 15) is 5.11 Å². The highest BCUT2D eigenvalue weighted by molar-refractivity contribution is 6.29. The molecule has 5 nitrogen and oxygen atoms in total. The Labute approximate surface area is 86.8 Å². The number of hydrogen-bond donors (Lipinski definition) is 3. The van der Waals surface area contributed by atoms with Crippen LogP contribution in [0.25, 0.3) is 0 Å². The van der Waals surface area contributed by atoms with E-state index in [2.05, 4.69) is 15.3 Å². The van der Waals surface area contributed by atoms with E-state index in [1.54, 1.807) is 0 Å². The van der Waals surface area contributed by atoms with Crippen LogP contribution < -0.4 is 5.32 Å². The largest absolute Gasteiger partial charge is 0.393 e. The molecule has 0 aliphatic heterocycles. The quantitative estimate of drug-likeness (QED) is 0.676. The summed E-state index contributed by atoms with van der Waals surface area (Å²) in [4.78, 5) is 7.72. The molecular weight excluding hydrogens is 206 g/mol. The van der Waals surface area contributed by atoms with Crippen molar-refractivity contribution in [3.63, 3.8) is 0 Å². The van der Waals surface area contributed by atoms with Crippen LogP contribution in [-0.4, -0.2) is 38.9 Å². The number of hydrogen-bond acceptors (Lipinski definition) is 5. The number of aliphatic hydroxyl groups is 2. The average molecular weight is 218 g/mol. The predicted octanol–water partition coefficient (Wildman–Crippen LogP) is 0.285. The molecule has 1 unspecified atom stereocenters. The Bertz CT molecular complexity index is 306. The van der Waals surface area contributed by atoms with Crippen molar-refractivity contribution in [2.45, 2.75) is 12.5 Å². The number of halogens is 1. The van der Waals surface area contributed by atoms with Crippen molar-refractivity contribution in [1.29, 1.82) is 0 Å². The molecule has 0 saturated carbocycles. The zero-order chi connectivity index (χ0) is 10.6. The second-order valence-corrected chi connectivity index (χ2v) is 3.62. The summed E-state index contributed by atoms with van der Waals surface area (Å²) in [6.07, 6.45) is 2.90. The van der Waals surface area contributed by atoms with Gasteiger partial charge in [0.25, 0.3) is 0 Å². The van der Waals surface area contributed by atoms with Crippen molar-refractivity contribution in [2.24, 2.45) is 0 Å². The van der Waals surface area contributed by atoms with Crippen LogP contribution in [0.5, 0.6) is 0 Å². The minimum Gasteiger partial charge on any atom is -0.393 e. The fourth-order valence-electron chi connectivity index (χ4n) is 0.764. The van der Waals surface area contributed by atoms with Gasteiger partial charge in [0.15, 0.2) is 0 Å². The van der Waals surface area contributed by atoms with E-state index in [1.165, 1.54) is 19.3 Å². The summed E-state index contributed by atoms with van der Waals surface area (Å²) in [6, 6.07) is 0. The van der Waals surface area contributed by atoms with Crippen LogP contribution in [0.1, 0.15) is 6.92 Å². The molecule has 0 bridgehead atoms. The van der Waals surface area contributed by atoms with Crippen molar-refractivity contribution >= 4 is 17.4 Å². The van der Waals surface area contributed by atoms with Gasteiger partial charge in [0.1, 0.15) is 16.6 Å². The smallest absolute Gasteiger partial charge is 0.149 e. The van der Waals surface area contributed by atoms with Gasteiger partial charge in [0, 0.05) is 6.54 Å². The highest BCUT2D eigenvalue weighted by Gasteiger charge is 2.18. The molecule has 0 spiro atoms. The zero-order valence-electron chi connectivity index (χ0n) is 7.74. The number of rotatable bonds is 4. The molecule has 0 fully saturated rings. The maximum absolute atomic E-state index is 9.46. The lowest BCUT2D eigenvalue weighted by Gasteiger charge is -2.20. The summed E-state index contributed by atoms with van der Waals surface area (Å²) in [5.41, 5.74) is -1.18. The normalized spacial score (nSPS) is 14.9. The van der Waals surface area contributed by atoms with Crippen molar-refractivity contribution in [2.75, 3.05) is 18.5 Å². The van der Waals surface area contributed by atoms with Gasteiger partial charge in [-0.3, -0.25) is 4.98 Å².